The highest BCUT2D eigenvalue weighted by Crippen LogP contribution is 2.15. The van der Waals surface area contributed by atoms with Crippen LogP contribution in [-0.4, -0.2) is 42.9 Å². The SMILES string of the molecule is CCNC(=NCC(=O)Nc1cccc(F)c1)N1CCCC(C)C1. The Morgan fingerprint density at radius 2 is 2.30 bits per heavy atom. The van der Waals surface area contributed by atoms with Gasteiger partial charge in [0, 0.05) is 25.3 Å². The molecule has 1 aliphatic rings. The fraction of sp³-hybridized carbons (Fsp3) is 0.529. The van der Waals surface area contributed by atoms with Gasteiger partial charge in [-0.3, -0.25) is 4.79 Å². The van der Waals surface area contributed by atoms with Crippen LogP contribution in [0.25, 0.3) is 0 Å². The van der Waals surface area contributed by atoms with Crippen LogP contribution in [0.2, 0.25) is 0 Å². The largest absolute Gasteiger partial charge is 0.357 e. The monoisotopic (exact) mass is 320 g/mol. The quantitative estimate of drug-likeness (QED) is 0.662. The van der Waals surface area contributed by atoms with Crippen LogP contribution in [-0.2, 0) is 4.79 Å². The van der Waals surface area contributed by atoms with Crippen LogP contribution in [0.3, 0.4) is 0 Å². The number of amides is 1. The van der Waals surface area contributed by atoms with Crippen molar-refractivity contribution in [1.29, 1.82) is 0 Å². The second-order valence-corrected chi connectivity index (χ2v) is 5.92. The van der Waals surface area contributed by atoms with Crippen molar-refractivity contribution in [3.05, 3.63) is 30.1 Å². The second-order valence-electron chi connectivity index (χ2n) is 5.92. The number of rotatable bonds is 4. The molecule has 1 amide bonds. The van der Waals surface area contributed by atoms with Crippen LogP contribution in [0.15, 0.2) is 29.3 Å². The number of carbonyl (C=O) groups excluding carboxylic acids is 1. The van der Waals surface area contributed by atoms with E-state index in [-0.39, 0.29) is 18.3 Å². The Morgan fingerprint density at radius 1 is 1.48 bits per heavy atom. The van der Waals surface area contributed by atoms with Gasteiger partial charge in [-0.05, 0) is 43.9 Å². The van der Waals surface area contributed by atoms with E-state index in [1.807, 2.05) is 6.92 Å². The molecule has 1 heterocycles. The number of hydrogen-bond acceptors (Lipinski definition) is 2. The average molecular weight is 320 g/mol. The van der Waals surface area contributed by atoms with Crippen LogP contribution < -0.4 is 10.6 Å². The minimum absolute atomic E-state index is 0.0176. The zero-order valence-electron chi connectivity index (χ0n) is 13.8. The molecule has 1 aliphatic heterocycles. The summed E-state index contributed by atoms with van der Waals surface area (Å²) in [5, 5.41) is 5.90. The number of hydrogen-bond donors (Lipinski definition) is 2. The molecule has 0 saturated carbocycles. The van der Waals surface area contributed by atoms with Crippen LogP contribution in [0.5, 0.6) is 0 Å². The molecule has 0 aromatic heterocycles. The number of anilines is 1. The first-order valence-electron chi connectivity index (χ1n) is 8.17. The zero-order chi connectivity index (χ0) is 16.7. The molecule has 6 heteroatoms. The summed E-state index contributed by atoms with van der Waals surface area (Å²) < 4.78 is 13.1. The fourth-order valence-electron chi connectivity index (χ4n) is 2.72. The molecule has 1 fully saturated rings. The molecule has 1 unspecified atom stereocenters. The Kier molecular flexibility index (Phi) is 6.38. The van der Waals surface area contributed by atoms with Crippen molar-refractivity contribution in [1.82, 2.24) is 10.2 Å². The number of piperidine rings is 1. The number of guanidine groups is 1. The summed E-state index contributed by atoms with van der Waals surface area (Å²) in [5.74, 6) is 0.778. The summed E-state index contributed by atoms with van der Waals surface area (Å²) in [6.07, 6.45) is 2.37. The first-order chi connectivity index (χ1) is 11.1. The van der Waals surface area contributed by atoms with E-state index in [0.717, 1.165) is 32.0 Å². The maximum Gasteiger partial charge on any atom is 0.246 e. The molecule has 0 bridgehead atoms. The molecule has 2 N–H and O–H groups in total. The molecule has 1 aromatic rings. The van der Waals surface area contributed by atoms with Crippen LogP contribution in [0.1, 0.15) is 26.7 Å². The Bertz CT molecular complexity index is 561. The summed E-state index contributed by atoms with van der Waals surface area (Å²) in [4.78, 5) is 18.6. The van der Waals surface area contributed by atoms with Gasteiger partial charge in [0.25, 0.3) is 0 Å². The molecule has 23 heavy (non-hydrogen) atoms. The molecule has 0 radical (unpaired) electrons. The standard InChI is InChI=1S/C17H25FN4O/c1-3-19-17(22-9-5-6-13(2)12-22)20-11-16(23)21-15-8-4-7-14(18)10-15/h4,7-8,10,13H,3,5-6,9,11-12H2,1-2H3,(H,19,20)(H,21,23). The van der Waals surface area contributed by atoms with E-state index in [1.54, 1.807) is 12.1 Å². The van der Waals surface area contributed by atoms with Gasteiger partial charge < -0.3 is 15.5 Å². The molecule has 126 valence electrons. The molecule has 5 nitrogen and oxygen atoms in total. The van der Waals surface area contributed by atoms with Crippen molar-refractivity contribution in [2.75, 3.05) is 31.5 Å². The molecule has 1 atom stereocenters. The molecular weight excluding hydrogens is 295 g/mol. The Balaban J connectivity index is 1.95. The number of nitrogens with one attached hydrogen (secondary N) is 2. The van der Waals surface area contributed by atoms with Crippen molar-refractivity contribution >= 4 is 17.6 Å². The lowest BCUT2D eigenvalue weighted by Crippen LogP contribution is -2.46. The van der Waals surface area contributed by atoms with E-state index in [1.165, 1.54) is 18.6 Å². The smallest absolute Gasteiger partial charge is 0.246 e. The third-order valence-corrected chi connectivity index (χ3v) is 3.77. The van der Waals surface area contributed by atoms with Crippen molar-refractivity contribution in [3.63, 3.8) is 0 Å². The lowest BCUT2D eigenvalue weighted by Gasteiger charge is -2.33. The van der Waals surface area contributed by atoms with E-state index >= 15 is 0 Å². The third kappa shape index (κ3) is 5.54. The van der Waals surface area contributed by atoms with E-state index in [2.05, 4.69) is 27.4 Å². The van der Waals surface area contributed by atoms with Crippen molar-refractivity contribution in [3.8, 4) is 0 Å². The third-order valence-electron chi connectivity index (χ3n) is 3.77. The molecule has 1 aromatic carbocycles. The normalized spacial score (nSPS) is 18.7. The van der Waals surface area contributed by atoms with Gasteiger partial charge in [0.2, 0.25) is 5.91 Å². The maximum absolute atomic E-state index is 13.1. The summed E-state index contributed by atoms with van der Waals surface area (Å²) in [6.45, 7) is 6.93. The van der Waals surface area contributed by atoms with Crippen LogP contribution in [0, 0.1) is 11.7 Å². The molecular formula is C17H25FN4O. The fourth-order valence-corrected chi connectivity index (χ4v) is 2.72. The molecule has 0 spiro atoms. The minimum atomic E-state index is -0.373. The topological polar surface area (TPSA) is 56.7 Å². The summed E-state index contributed by atoms with van der Waals surface area (Å²) in [5.41, 5.74) is 0.446. The summed E-state index contributed by atoms with van der Waals surface area (Å²) >= 11 is 0. The van der Waals surface area contributed by atoms with Crippen molar-refractivity contribution in [2.45, 2.75) is 26.7 Å². The predicted molar refractivity (Wildman–Crippen MR) is 91.0 cm³/mol. The highest BCUT2D eigenvalue weighted by molar-refractivity contribution is 5.94. The number of likely N-dealkylation sites (tertiary alicyclic amines) is 1. The summed E-state index contributed by atoms with van der Waals surface area (Å²) in [6, 6.07) is 5.85. The predicted octanol–water partition coefficient (Wildman–Crippen LogP) is 2.46. The lowest BCUT2D eigenvalue weighted by atomic mass is 10.0. The molecule has 2 rings (SSSR count). The highest BCUT2D eigenvalue weighted by Gasteiger charge is 2.19. The van der Waals surface area contributed by atoms with E-state index < -0.39 is 0 Å². The van der Waals surface area contributed by atoms with Gasteiger partial charge in [-0.25, -0.2) is 9.38 Å². The highest BCUT2D eigenvalue weighted by atomic mass is 19.1. The Labute approximate surface area is 137 Å². The molecule has 1 saturated heterocycles. The lowest BCUT2D eigenvalue weighted by molar-refractivity contribution is -0.114. The van der Waals surface area contributed by atoms with Gasteiger partial charge in [0.15, 0.2) is 5.96 Å². The Hall–Kier alpha value is -2.11. The van der Waals surface area contributed by atoms with Gasteiger partial charge in [-0.2, -0.15) is 0 Å². The van der Waals surface area contributed by atoms with Gasteiger partial charge in [0.05, 0.1) is 0 Å². The van der Waals surface area contributed by atoms with E-state index in [0.29, 0.717) is 11.6 Å². The van der Waals surface area contributed by atoms with E-state index in [9.17, 15) is 9.18 Å². The van der Waals surface area contributed by atoms with Gasteiger partial charge >= 0.3 is 0 Å². The van der Waals surface area contributed by atoms with Gasteiger partial charge in [0.1, 0.15) is 12.4 Å². The van der Waals surface area contributed by atoms with E-state index in [4.69, 9.17) is 0 Å². The van der Waals surface area contributed by atoms with Gasteiger partial charge in [-0.1, -0.05) is 13.0 Å². The maximum atomic E-state index is 13.1. The number of aliphatic imine (C=N–C) groups is 1. The number of benzene rings is 1. The first kappa shape index (κ1) is 17.2. The number of nitrogens with zero attached hydrogens (tertiary/aromatic N) is 2. The zero-order valence-corrected chi connectivity index (χ0v) is 13.8. The summed E-state index contributed by atoms with van der Waals surface area (Å²) in [7, 11) is 0. The van der Waals surface area contributed by atoms with Crippen LogP contribution in [0.4, 0.5) is 10.1 Å². The van der Waals surface area contributed by atoms with Gasteiger partial charge in [-0.15, -0.1) is 0 Å². The minimum Gasteiger partial charge on any atom is -0.357 e. The second kappa shape index (κ2) is 8.50. The number of halogens is 1. The van der Waals surface area contributed by atoms with Crippen LogP contribution >= 0.6 is 0 Å². The Morgan fingerprint density at radius 3 is 3.00 bits per heavy atom. The first-order valence-corrected chi connectivity index (χ1v) is 8.17. The average Bonchev–Trinajstić information content (AvgIpc) is 2.51. The van der Waals surface area contributed by atoms with Crippen molar-refractivity contribution in [2.24, 2.45) is 10.9 Å². The molecule has 0 aliphatic carbocycles. The number of carbonyl (C=O) groups is 1. The van der Waals surface area contributed by atoms with Crippen molar-refractivity contribution < 1.29 is 9.18 Å².